The van der Waals surface area contributed by atoms with Crippen LogP contribution >= 0.6 is 0 Å². The molecule has 6 nitrogen and oxygen atoms in total. The van der Waals surface area contributed by atoms with Crippen molar-refractivity contribution >= 4 is 11.9 Å². The van der Waals surface area contributed by atoms with Crippen LogP contribution in [0.15, 0.2) is 37.4 Å². The molecular formula is C21H30N2O4. The third-order valence-electron chi connectivity index (χ3n) is 3.60. The maximum atomic E-state index is 12.3. The van der Waals surface area contributed by atoms with Gasteiger partial charge in [-0.25, -0.2) is 4.79 Å². The summed E-state index contributed by atoms with van der Waals surface area (Å²) < 4.78 is 4.70. The minimum absolute atomic E-state index is 0.374. The summed E-state index contributed by atoms with van der Waals surface area (Å²) in [5.74, 6) is 5.84. The van der Waals surface area contributed by atoms with E-state index in [1.165, 1.54) is 20.0 Å². The van der Waals surface area contributed by atoms with Crippen LogP contribution in [0.4, 0.5) is 0 Å². The average Bonchev–Trinajstić information content (AvgIpc) is 3.51. The number of methoxy groups -OCH3 is 1. The number of carbonyl (C=O) groups is 2. The molecule has 27 heavy (non-hydrogen) atoms. The molecule has 1 fully saturated rings. The number of esters is 1. The SMILES string of the molecule is C=C.CO.COC(=O)C(NC(=O)c1ccc(C#CC2CC2)cc1)C(C)(C)N. The molecule has 6 heteroatoms. The Hall–Kier alpha value is -2.62. The fourth-order valence-electron chi connectivity index (χ4n) is 2.00. The van der Waals surface area contributed by atoms with E-state index in [4.69, 9.17) is 15.6 Å². The summed E-state index contributed by atoms with van der Waals surface area (Å²) in [4.78, 5) is 24.1. The van der Waals surface area contributed by atoms with Gasteiger partial charge < -0.3 is 20.9 Å². The number of hydrogen-bond donors (Lipinski definition) is 3. The lowest BCUT2D eigenvalue weighted by molar-refractivity contribution is -0.144. The fourth-order valence-corrected chi connectivity index (χ4v) is 2.00. The lowest BCUT2D eigenvalue weighted by atomic mass is 9.95. The summed E-state index contributed by atoms with van der Waals surface area (Å²) in [6.07, 6.45) is 2.36. The molecule has 0 saturated heterocycles. The van der Waals surface area contributed by atoms with Gasteiger partial charge in [0.15, 0.2) is 0 Å². The second kappa shape index (κ2) is 11.9. The third kappa shape index (κ3) is 8.54. The van der Waals surface area contributed by atoms with Crippen LogP contribution in [0.5, 0.6) is 0 Å². The molecule has 1 aliphatic rings. The molecule has 0 aromatic heterocycles. The highest BCUT2D eigenvalue weighted by atomic mass is 16.5. The van der Waals surface area contributed by atoms with E-state index in [-0.39, 0.29) is 5.91 Å². The normalized spacial score (nSPS) is 13.3. The molecule has 0 heterocycles. The molecule has 0 bridgehead atoms. The minimum Gasteiger partial charge on any atom is -0.467 e. The maximum Gasteiger partial charge on any atom is 0.330 e. The standard InChI is InChI=1S/C18H22N2O3.C2H4.CH4O/c1-18(2,19)15(17(22)23-3)20-16(21)14-10-8-13(9-11-14)7-6-12-4-5-12;2*1-2/h8-12,15H,4-5,19H2,1-3H3,(H,20,21);1-2H2;2H,1H3. The Labute approximate surface area is 161 Å². The van der Waals surface area contributed by atoms with Gasteiger partial charge in [0.2, 0.25) is 0 Å². The Morgan fingerprint density at radius 2 is 1.78 bits per heavy atom. The quantitative estimate of drug-likeness (QED) is 0.424. The summed E-state index contributed by atoms with van der Waals surface area (Å²) in [6, 6.07) is 6.04. The topological polar surface area (TPSA) is 102 Å². The second-order valence-electron chi connectivity index (χ2n) is 6.37. The van der Waals surface area contributed by atoms with Crippen LogP contribution in [0, 0.1) is 17.8 Å². The Kier molecular flexibility index (Phi) is 10.7. The summed E-state index contributed by atoms with van der Waals surface area (Å²) in [5.41, 5.74) is 6.33. The molecular weight excluding hydrogens is 344 g/mol. The van der Waals surface area contributed by atoms with E-state index in [2.05, 4.69) is 30.3 Å². The van der Waals surface area contributed by atoms with Gasteiger partial charge in [-0.1, -0.05) is 11.8 Å². The molecule has 1 aliphatic carbocycles. The molecule has 1 saturated carbocycles. The van der Waals surface area contributed by atoms with Gasteiger partial charge in [0, 0.05) is 29.7 Å². The molecule has 0 radical (unpaired) electrons. The van der Waals surface area contributed by atoms with Gasteiger partial charge in [-0.15, -0.1) is 13.2 Å². The minimum atomic E-state index is -0.932. The lowest BCUT2D eigenvalue weighted by Gasteiger charge is -2.28. The number of aliphatic hydroxyl groups excluding tert-OH is 1. The van der Waals surface area contributed by atoms with E-state index in [0.717, 1.165) is 12.7 Å². The van der Waals surface area contributed by atoms with Gasteiger partial charge in [0.1, 0.15) is 6.04 Å². The van der Waals surface area contributed by atoms with Gasteiger partial charge in [-0.2, -0.15) is 0 Å². The van der Waals surface area contributed by atoms with Gasteiger partial charge in [-0.05, 0) is 51.0 Å². The zero-order valence-corrected chi connectivity index (χ0v) is 16.5. The summed E-state index contributed by atoms with van der Waals surface area (Å²) in [6.45, 7) is 9.32. The van der Waals surface area contributed by atoms with Gasteiger partial charge in [0.25, 0.3) is 5.91 Å². The predicted octanol–water partition coefficient (Wildman–Crippen LogP) is 1.87. The molecule has 0 spiro atoms. The van der Waals surface area contributed by atoms with Gasteiger partial charge >= 0.3 is 5.97 Å². The number of rotatable bonds is 4. The highest BCUT2D eigenvalue weighted by Gasteiger charge is 2.34. The first-order valence-corrected chi connectivity index (χ1v) is 8.55. The van der Waals surface area contributed by atoms with Crippen LogP contribution in [-0.4, -0.2) is 42.8 Å². The van der Waals surface area contributed by atoms with Crippen molar-refractivity contribution in [2.24, 2.45) is 11.7 Å². The van der Waals surface area contributed by atoms with Crippen molar-refractivity contribution in [2.45, 2.75) is 38.3 Å². The van der Waals surface area contributed by atoms with Crippen molar-refractivity contribution in [1.82, 2.24) is 5.32 Å². The molecule has 1 unspecified atom stereocenters. The van der Waals surface area contributed by atoms with E-state index in [9.17, 15) is 9.59 Å². The van der Waals surface area contributed by atoms with E-state index < -0.39 is 17.6 Å². The zero-order chi connectivity index (χ0) is 21.0. The number of aliphatic hydroxyl groups is 1. The molecule has 4 N–H and O–H groups in total. The second-order valence-corrected chi connectivity index (χ2v) is 6.37. The number of ether oxygens (including phenoxy) is 1. The number of benzene rings is 1. The highest BCUT2D eigenvalue weighted by molar-refractivity contribution is 5.97. The van der Waals surface area contributed by atoms with Crippen LogP contribution in [0.1, 0.15) is 42.6 Å². The van der Waals surface area contributed by atoms with Crippen LogP contribution in [-0.2, 0) is 9.53 Å². The van der Waals surface area contributed by atoms with E-state index in [0.29, 0.717) is 11.5 Å². The Morgan fingerprint density at radius 1 is 1.26 bits per heavy atom. The summed E-state index contributed by atoms with van der Waals surface area (Å²) in [5, 5.41) is 9.63. The largest absolute Gasteiger partial charge is 0.467 e. The molecule has 1 aromatic rings. The maximum absolute atomic E-state index is 12.3. The van der Waals surface area contributed by atoms with Crippen LogP contribution < -0.4 is 11.1 Å². The number of amides is 1. The van der Waals surface area contributed by atoms with Crippen molar-refractivity contribution in [2.75, 3.05) is 14.2 Å². The molecule has 1 aromatic carbocycles. The van der Waals surface area contributed by atoms with E-state index in [1.54, 1.807) is 38.1 Å². The number of hydrogen-bond acceptors (Lipinski definition) is 5. The Morgan fingerprint density at radius 3 is 2.19 bits per heavy atom. The first-order valence-electron chi connectivity index (χ1n) is 8.55. The predicted molar refractivity (Wildman–Crippen MR) is 107 cm³/mol. The Balaban J connectivity index is 0.00000158. The average molecular weight is 374 g/mol. The smallest absolute Gasteiger partial charge is 0.330 e. The Bertz CT molecular complexity index is 662. The summed E-state index contributed by atoms with van der Waals surface area (Å²) >= 11 is 0. The van der Waals surface area contributed by atoms with Crippen LogP contribution in [0.2, 0.25) is 0 Å². The number of nitrogens with one attached hydrogen (secondary N) is 1. The zero-order valence-electron chi connectivity index (χ0n) is 16.5. The van der Waals surface area contributed by atoms with Gasteiger partial charge in [0.05, 0.1) is 7.11 Å². The fraction of sp³-hybridized carbons (Fsp3) is 0.429. The van der Waals surface area contributed by atoms with Crippen molar-refractivity contribution in [3.05, 3.63) is 48.6 Å². The van der Waals surface area contributed by atoms with E-state index in [1.807, 2.05) is 0 Å². The molecule has 1 amide bonds. The molecule has 2 rings (SSSR count). The van der Waals surface area contributed by atoms with Crippen LogP contribution in [0.25, 0.3) is 0 Å². The van der Waals surface area contributed by atoms with Crippen molar-refractivity contribution in [3.63, 3.8) is 0 Å². The van der Waals surface area contributed by atoms with Gasteiger partial charge in [-0.3, -0.25) is 4.79 Å². The lowest BCUT2D eigenvalue weighted by Crippen LogP contribution is -2.59. The van der Waals surface area contributed by atoms with Crippen molar-refractivity contribution in [3.8, 4) is 11.8 Å². The first-order chi connectivity index (χ1) is 12.8. The number of nitrogens with two attached hydrogens (primary N) is 1. The van der Waals surface area contributed by atoms with Crippen LogP contribution in [0.3, 0.4) is 0 Å². The first kappa shape index (κ1) is 24.4. The molecule has 0 aliphatic heterocycles. The monoisotopic (exact) mass is 374 g/mol. The molecule has 148 valence electrons. The van der Waals surface area contributed by atoms with Crippen molar-refractivity contribution < 1.29 is 19.4 Å². The highest BCUT2D eigenvalue weighted by Crippen LogP contribution is 2.27. The third-order valence-corrected chi connectivity index (χ3v) is 3.60. The summed E-state index contributed by atoms with van der Waals surface area (Å²) in [7, 11) is 2.26. The van der Waals surface area contributed by atoms with Crippen molar-refractivity contribution in [1.29, 1.82) is 0 Å². The van der Waals surface area contributed by atoms with E-state index >= 15 is 0 Å². The molecule has 1 atom stereocenters. The number of carbonyl (C=O) groups excluding carboxylic acids is 2.